The number of hydrogen-bond donors (Lipinski definition) is 1. The molecule has 0 amide bonds. The predicted molar refractivity (Wildman–Crippen MR) is 88.3 cm³/mol. The largest absolute Gasteiger partial charge is 0.377 e. The monoisotopic (exact) mass is 303 g/mol. The molecule has 1 N–H and O–H groups in total. The van der Waals surface area contributed by atoms with Gasteiger partial charge in [0.05, 0.1) is 12.6 Å². The van der Waals surface area contributed by atoms with Gasteiger partial charge in [-0.05, 0) is 34.1 Å². The Hall–Kier alpha value is -2.95. The second kappa shape index (κ2) is 6.04. The van der Waals surface area contributed by atoms with Gasteiger partial charge in [0.15, 0.2) is 5.82 Å². The molecule has 0 saturated carbocycles. The van der Waals surface area contributed by atoms with Gasteiger partial charge >= 0.3 is 0 Å². The molecule has 0 spiro atoms. The molecule has 2 heterocycles. The summed E-state index contributed by atoms with van der Waals surface area (Å²) >= 11 is 0. The van der Waals surface area contributed by atoms with Gasteiger partial charge in [0.1, 0.15) is 0 Å². The molecule has 1 unspecified atom stereocenters. The van der Waals surface area contributed by atoms with Gasteiger partial charge in [-0.1, -0.05) is 60.7 Å². The highest BCUT2D eigenvalue weighted by molar-refractivity contribution is 5.52. The molecule has 114 valence electrons. The third-order valence-corrected chi connectivity index (χ3v) is 3.97. The Bertz CT molecular complexity index is 808. The van der Waals surface area contributed by atoms with Crippen molar-refractivity contribution in [2.45, 2.75) is 19.0 Å². The molecule has 1 aliphatic heterocycles. The number of tetrazole rings is 1. The maximum Gasteiger partial charge on any atom is 0.174 e. The summed E-state index contributed by atoms with van der Waals surface area (Å²) in [4.78, 5) is 0. The molecule has 5 nitrogen and oxygen atoms in total. The van der Waals surface area contributed by atoms with Crippen molar-refractivity contribution in [2.75, 3.05) is 0 Å². The number of fused-ring (bicyclic) bond motifs is 1. The zero-order valence-corrected chi connectivity index (χ0v) is 12.6. The lowest BCUT2D eigenvalue weighted by atomic mass is 10.0. The summed E-state index contributed by atoms with van der Waals surface area (Å²) in [5.41, 5.74) is 3.56. The highest BCUT2D eigenvalue weighted by Crippen LogP contribution is 2.23. The van der Waals surface area contributed by atoms with E-state index in [-0.39, 0.29) is 6.04 Å². The smallest absolute Gasteiger partial charge is 0.174 e. The third-order valence-electron chi connectivity index (χ3n) is 3.97. The summed E-state index contributed by atoms with van der Waals surface area (Å²) in [6.07, 6.45) is 3.01. The van der Waals surface area contributed by atoms with Crippen molar-refractivity contribution in [1.29, 1.82) is 0 Å². The highest BCUT2D eigenvalue weighted by Gasteiger charge is 2.25. The predicted octanol–water partition coefficient (Wildman–Crippen LogP) is 2.60. The van der Waals surface area contributed by atoms with Crippen LogP contribution in [0.1, 0.15) is 23.0 Å². The van der Waals surface area contributed by atoms with Crippen molar-refractivity contribution in [3.8, 4) is 0 Å². The van der Waals surface area contributed by atoms with Crippen LogP contribution in [0.25, 0.3) is 6.08 Å². The van der Waals surface area contributed by atoms with Crippen LogP contribution in [0.4, 0.5) is 0 Å². The lowest BCUT2D eigenvalue weighted by Crippen LogP contribution is -2.33. The number of rotatable bonds is 3. The van der Waals surface area contributed by atoms with E-state index in [1.165, 1.54) is 11.1 Å². The molecular formula is C18H17N5. The van der Waals surface area contributed by atoms with E-state index in [2.05, 4.69) is 63.3 Å². The first kappa shape index (κ1) is 13.7. The molecule has 0 bridgehead atoms. The normalized spacial score (nSPS) is 18.4. The van der Waals surface area contributed by atoms with E-state index in [1.807, 2.05) is 28.9 Å². The van der Waals surface area contributed by atoms with Crippen LogP contribution in [0.5, 0.6) is 0 Å². The van der Waals surface area contributed by atoms with Crippen LogP contribution in [0, 0.1) is 0 Å². The van der Waals surface area contributed by atoms with Gasteiger partial charge in [0.2, 0.25) is 0 Å². The number of hydrogen-bond acceptors (Lipinski definition) is 4. The van der Waals surface area contributed by atoms with Gasteiger partial charge in [0.25, 0.3) is 0 Å². The van der Waals surface area contributed by atoms with Crippen molar-refractivity contribution in [3.63, 3.8) is 0 Å². The fraction of sp³-hybridized carbons (Fsp3) is 0.167. The molecule has 0 saturated heterocycles. The van der Waals surface area contributed by atoms with Crippen LogP contribution in [0.2, 0.25) is 0 Å². The van der Waals surface area contributed by atoms with Gasteiger partial charge in [0, 0.05) is 5.70 Å². The zero-order valence-electron chi connectivity index (χ0n) is 12.6. The minimum atomic E-state index is 0.0797. The zero-order chi connectivity index (χ0) is 15.5. The first-order valence-electron chi connectivity index (χ1n) is 7.70. The molecule has 1 aromatic heterocycles. The summed E-state index contributed by atoms with van der Waals surface area (Å²) in [6.45, 7) is 0.669. The second-order valence-electron chi connectivity index (χ2n) is 5.66. The maximum atomic E-state index is 4.19. The van der Waals surface area contributed by atoms with E-state index in [9.17, 15) is 0 Å². The Morgan fingerprint density at radius 2 is 1.78 bits per heavy atom. The van der Waals surface area contributed by atoms with E-state index in [4.69, 9.17) is 0 Å². The van der Waals surface area contributed by atoms with Crippen LogP contribution in [-0.4, -0.2) is 20.2 Å². The summed E-state index contributed by atoms with van der Waals surface area (Å²) < 4.78 is 1.87. The fourth-order valence-corrected chi connectivity index (χ4v) is 2.90. The van der Waals surface area contributed by atoms with Gasteiger partial charge in [-0.25, -0.2) is 4.68 Å². The van der Waals surface area contributed by atoms with Crippen LogP contribution in [0.3, 0.4) is 0 Å². The van der Waals surface area contributed by atoms with E-state index in [1.54, 1.807) is 0 Å². The Morgan fingerprint density at radius 1 is 1.04 bits per heavy atom. The summed E-state index contributed by atoms with van der Waals surface area (Å²) in [6, 6.07) is 20.8. The Morgan fingerprint density at radius 3 is 2.57 bits per heavy atom. The topological polar surface area (TPSA) is 55.6 Å². The van der Waals surface area contributed by atoms with E-state index in [0.717, 1.165) is 17.9 Å². The lowest BCUT2D eigenvalue weighted by molar-refractivity contribution is 0.442. The molecule has 0 radical (unpaired) electrons. The Labute approximate surface area is 134 Å². The Kier molecular flexibility index (Phi) is 3.60. The number of benzene rings is 2. The van der Waals surface area contributed by atoms with Crippen LogP contribution in [0.15, 0.2) is 66.4 Å². The van der Waals surface area contributed by atoms with Crippen LogP contribution < -0.4 is 5.32 Å². The highest BCUT2D eigenvalue weighted by atomic mass is 15.6. The molecular weight excluding hydrogens is 286 g/mol. The van der Waals surface area contributed by atoms with Crippen molar-refractivity contribution < 1.29 is 0 Å². The minimum absolute atomic E-state index is 0.0797. The molecule has 4 rings (SSSR count). The van der Waals surface area contributed by atoms with Gasteiger partial charge < -0.3 is 5.32 Å². The van der Waals surface area contributed by atoms with Crippen molar-refractivity contribution in [2.24, 2.45) is 0 Å². The average Bonchev–Trinajstić information content (AvgIpc) is 3.05. The Balaban J connectivity index is 1.63. The van der Waals surface area contributed by atoms with Crippen LogP contribution in [-0.2, 0) is 13.0 Å². The van der Waals surface area contributed by atoms with Gasteiger partial charge in [-0.15, -0.1) is 5.10 Å². The molecule has 1 atom stereocenters. The number of nitrogens with one attached hydrogen (secondary N) is 1. The third kappa shape index (κ3) is 2.99. The fourth-order valence-electron chi connectivity index (χ4n) is 2.90. The van der Waals surface area contributed by atoms with Crippen molar-refractivity contribution in [1.82, 2.24) is 25.5 Å². The number of aromatic nitrogens is 4. The van der Waals surface area contributed by atoms with E-state index >= 15 is 0 Å². The summed E-state index contributed by atoms with van der Waals surface area (Å²) in [5, 5.41) is 15.7. The second-order valence-corrected chi connectivity index (χ2v) is 5.66. The number of allylic oxidation sites excluding steroid dienone is 1. The molecule has 1 aliphatic rings. The summed E-state index contributed by atoms with van der Waals surface area (Å²) in [5.74, 6) is 0.888. The lowest BCUT2D eigenvalue weighted by Gasteiger charge is -2.26. The molecule has 2 aromatic carbocycles. The molecule has 0 aliphatic carbocycles. The molecule has 3 aromatic rings. The first-order chi connectivity index (χ1) is 11.4. The summed E-state index contributed by atoms with van der Waals surface area (Å²) in [7, 11) is 0. The molecule has 0 fully saturated rings. The average molecular weight is 303 g/mol. The van der Waals surface area contributed by atoms with E-state index in [0.29, 0.717) is 6.54 Å². The first-order valence-corrected chi connectivity index (χ1v) is 7.70. The standard InChI is InChI=1S/C18H17N5/c1-3-7-14(8-4-1)11-16-13-23-18(20-21-22-23)17(19-16)12-15-9-5-2-6-10-15/h1-11,17,19H,12-13H2/b16-11+. The molecule has 23 heavy (non-hydrogen) atoms. The van der Waals surface area contributed by atoms with Gasteiger partial charge in [-0.3, -0.25) is 0 Å². The van der Waals surface area contributed by atoms with Crippen LogP contribution >= 0.6 is 0 Å². The van der Waals surface area contributed by atoms with Crippen molar-refractivity contribution in [3.05, 3.63) is 83.3 Å². The SMILES string of the molecule is C(=C1/Cn2nnnc2C(Cc2ccccc2)N1)/c1ccccc1. The maximum absolute atomic E-state index is 4.19. The molecule has 5 heteroatoms. The van der Waals surface area contributed by atoms with E-state index < -0.39 is 0 Å². The number of nitrogens with zero attached hydrogens (tertiary/aromatic N) is 4. The van der Waals surface area contributed by atoms with Crippen molar-refractivity contribution >= 4 is 6.08 Å². The minimum Gasteiger partial charge on any atom is -0.377 e. The van der Waals surface area contributed by atoms with Gasteiger partial charge in [-0.2, -0.15) is 0 Å². The quantitative estimate of drug-likeness (QED) is 0.808.